The second-order valence-corrected chi connectivity index (χ2v) is 5.87. The van der Waals surface area contributed by atoms with E-state index in [1.807, 2.05) is 48.5 Å². The number of hydrogen-bond donors (Lipinski definition) is 1. The maximum Gasteiger partial charge on any atom is 0.275 e. The Hall–Kier alpha value is -3.67. The van der Waals surface area contributed by atoms with E-state index in [-0.39, 0.29) is 11.8 Å². The van der Waals surface area contributed by atoms with Gasteiger partial charge in [-0.2, -0.15) is 0 Å². The largest absolute Gasteiger partial charge is 0.321 e. The first-order valence-electron chi connectivity index (χ1n) is 8.18. The fraction of sp³-hybridized carbons (Fsp3) is 0.0500. The van der Waals surface area contributed by atoms with Gasteiger partial charge in [0.15, 0.2) is 0 Å². The molecule has 4 rings (SSSR count). The third-order valence-corrected chi connectivity index (χ3v) is 4.06. The van der Waals surface area contributed by atoms with E-state index in [2.05, 4.69) is 10.3 Å². The van der Waals surface area contributed by atoms with Gasteiger partial charge in [-0.3, -0.25) is 14.5 Å². The van der Waals surface area contributed by atoms with Gasteiger partial charge in [-0.25, -0.2) is 4.98 Å². The molecule has 0 unspecified atom stereocenters. The minimum Gasteiger partial charge on any atom is -0.321 e. The highest BCUT2D eigenvalue weighted by Crippen LogP contribution is 2.17. The van der Waals surface area contributed by atoms with E-state index in [0.29, 0.717) is 29.4 Å². The van der Waals surface area contributed by atoms with Gasteiger partial charge < -0.3 is 9.88 Å². The van der Waals surface area contributed by atoms with Crippen LogP contribution in [0.1, 0.15) is 26.7 Å². The first-order chi connectivity index (χ1) is 12.7. The minimum absolute atomic E-state index is 0.100. The SMILES string of the molecule is O=C(Nc1ccccc1)c1cn2c(n1)C=CN(C(=O)c1ccccc1)C2. The summed E-state index contributed by atoms with van der Waals surface area (Å²) in [6.45, 7) is 0.311. The van der Waals surface area contributed by atoms with Crippen LogP contribution >= 0.6 is 0 Å². The van der Waals surface area contributed by atoms with Gasteiger partial charge in [-0.15, -0.1) is 0 Å². The van der Waals surface area contributed by atoms with Crippen molar-refractivity contribution in [3.05, 3.63) is 90.1 Å². The monoisotopic (exact) mass is 344 g/mol. The van der Waals surface area contributed by atoms with Gasteiger partial charge in [0.1, 0.15) is 18.2 Å². The molecule has 0 radical (unpaired) electrons. The fourth-order valence-electron chi connectivity index (χ4n) is 2.75. The van der Waals surface area contributed by atoms with Crippen LogP contribution in [0.15, 0.2) is 73.1 Å². The molecule has 2 amide bonds. The Kier molecular flexibility index (Phi) is 4.07. The predicted octanol–water partition coefficient (Wildman–Crippen LogP) is 3.22. The number of hydrogen-bond acceptors (Lipinski definition) is 3. The molecule has 0 bridgehead atoms. The van der Waals surface area contributed by atoms with Crippen LogP contribution in [0.4, 0.5) is 5.69 Å². The van der Waals surface area contributed by atoms with E-state index in [4.69, 9.17) is 0 Å². The summed E-state index contributed by atoms with van der Waals surface area (Å²) in [7, 11) is 0. The smallest absolute Gasteiger partial charge is 0.275 e. The summed E-state index contributed by atoms with van der Waals surface area (Å²) in [5.74, 6) is 0.254. The first-order valence-corrected chi connectivity index (χ1v) is 8.18. The molecule has 6 nitrogen and oxygen atoms in total. The lowest BCUT2D eigenvalue weighted by Gasteiger charge is -2.23. The molecule has 1 aliphatic rings. The number of aromatic nitrogens is 2. The number of benzene rings is 2. The van der Waals surface area contributed by atoms with Gasteiger partial charge in [0, 0.05) is 23.6 Å². The molecule has 0 atom stereocenters. The van der Waals surface area contributed by atoms with Crippen molar-refractivity contribution >= 4 is 23.6 Å². The molecule has 2 aromatic carbocycles. The van der Waals surface area contributed by atoms with Crippen LogP contribution in [0, 0.1) is 0 Å². The van der Waals surface area contributed by atoms with Crippen LogP contribution in [0.25, 0.3) is 6.08 Å². The van der Waals surface area contributed by atoms with Gasteiger partial charge in [-0.05, 0) is 30.3 Å². The molecule has 26 heavy (non-hydrogen) atoms. The quantitative estimate of drug-likeness (QED) is 0.793. The van der Waals surface area contributed by atoms with Crippen molar-refractivity contribution in [1.29, 1.82) is 0 Å². The topological polar surface area (TPSA) is 67.2 Å². The predicted molar refractivity (Wildman–Crippen MR) is 98.3 cm³/mol. The number of amides is 2. The van der Waals surface area contributed by atoms with E-state index in [1.165, 1.54) is 0 Å². The van der Waals surface area contributed by atoms with E-state index in [0.717, 1.165) is 0 Å². The number of carbonyl (C=O) groups excluding carboxylic acids is 2. The zero-order chi connectivity index (χ0) is 17.9. The third kappa shape index (κ3) is 3.12. The van der Waals surface area contributed by atoms with Crippen molar-refractivity contribution in [2.45, 2.75) is 6.67 Å². The van der Waals surface area contributed by atoms with Crippen molar-refractivity contribution in [2.75, 3.05) is 5.32 Å². The summed E-state index contributed by atoms with van der Waals surface area (Å²) in [4.78, 5) is 30.9. The Bertz CT molecular complexity index is 978. The summed E-state index contributed by atoms with van der Waals surface area (Å²) in [6.07, 6.45) is 5.07. The summed E-state index contributed by atoms with van der Waals surface area (Å²) in [5.41, 5.74) is 1.63. The lowest BCUT2D eigenvalue weighted by molar-refractivity contribution is 0.0782. The Labute approximate surface area is 150 Å². The molecule has 6 heteroatoms. The molecule has 0 saturated heterocycles. The van der Waals surface area contributed by atoms with Crippen LogP contribution in [0.5, 0.6) is 0 Å². The lowest BCUT2D eigenvalue weighted by Crippen LogP contribution is -2.30. The highest BCUT2D eigenvalue weighted by Gasteiger charge is 2.21. The zero-order valence-corrected chi connectivity index (χ0v) is 13.9. The van der Waals surface area contributed by atoms with Gasteiger partial charge in [0.25, 0.3) is 11.8 Å². The Balaban J connectivity index is 1.50. The van der Waals surface area contributed by atoms with Crippen LogP contribution in [0.3, 0.4) is 0 Å². The highest BCUT2D eigenvalue weighted by atomic mass is 16.2. The molecule has 1 aliphatic heterocycles. The van der Waals surface area contributed by atoms with E-state index in [9.17, 15) is 9.59 Å². The summed E-state index contributed by atoms with van der Waals surface area (Å²) in [5, 5.41) is 2.81. The number of rotatable bonds is 3. The molecule has 1 N–H and O–H groups in total. The van der Waals surface area contributed by atoms with Crippen LogP contribution in [-0.2, 0) is 6.67 Å². The molecule has 0 fully saturated rings. The van der Waals surface area contributed by atoms with Crippen LogP contribution in [0.2, 0.25) is 0 Å². The second-order valence-electron chi connectivity index (χ2n) is 5.87. The number of fused-ring (bicyclic) bond motifs is 1. The van der Waals surface area contributed by atoms with Gasteiger partial charge in [-0.1, -0.05) is 36.4 Å². The lowest BCUT2D eigenvalue weighted by atomic mass is 10.2. The number of imidazole rings is 1. The van der Waals surface area contributed by atoms with E-state index < -0.39 is 0 Å². The number of nitrogens with zero attached hydrogens (tertiary/aromatic N) is 3. The van der Waals surface area contributed by atoms with E-state index in [1.54, 1.807) is 40.1 Å². The van der Waals surface area contributed by atoms with E-state index >= 15 is 0 Å². The molecule has 0 spiro atoms. The summed E-state index contributed by atoms with van der Waals surface area (Å²) in [6, 6.07) is 18.3. The normalized spacial score (nSPS) is 12.5. The summed E-state index contributed by atoms with van der Waals surface area (Å²) < 4.78 is 1.78. The molecule has 2 heterocycles. The van der Waals surface area contributed by atoms with Crippen molar-refractivity contribution < 1.29 is 9.59 Å². The number of anilines is 1. The van der Waals surface area contributed by atoms with Crippen LogP contribution in [-0.4, -0.2) is 26.3 Å². The maximum absolute atomic E-state index is 12.6. The standard InChI is InChI=1S/C20H16N4O2/c25-19(21-16-9-5-2-6-10-16)17-13-24-14-23(12-11-18(24)22-17)20(26)15-7-3-1-4-8-15/h1-13H,14H2,(H,21,25). The third-order valence-electron chi connectivity index (χ3n) is 4.06. The molecule has 0 aliphatic carbocycles. The molecular formula is C20H16N4O2. The van der Waals surface area contributed by atoms with Gasteiger partial charge in [0.2, 0.25) is 0 Å². The Morgan fingerprint density at radius 2 is 1.65 bits per heavy atom. The number of nitrogens with one attached hydrogen (secondary N) is 1. The van der Waals surface area contributed by atoms with Crippen molar-refractivity contribution in [1.82, 2.24) is 14.5 Å². The van der Waals surface area contributed by atoms with Crippen molar-refractivity contribution in [2.24, 2.45) is 0 Å². The average molecular weight is 344 g/mol. The molecule has 1 aromatic heterocycles. The van der Waals surface area contributed by atoms with Crippen molar-refractivity contribution in [3.63, 3.8) is 0 Å². The highest BCUT2D eigenvalue weighted by molar-refractivity contribution is 6.03. The van der Waals surface area contributed by atoms with Gasteiger partial charge >= 0.3 is 0 Å². The zero-order valence-electron chi connectivity index (χ0n) is 13.9. The Morgan fingerprint density at radius 3 is 2.38 bits per heavy atom. The molecular weight excluding hydrogens is 328 g/mol. The Morgan fingerprint density at radius 1 is 0.962 bits per heavy atom. The fourth-order valence-corrected chi connectivity index (χ4v) is 2.75. The molecule has 3 aromatic rings. The minimum atomic E-state index is -0.285. The molecule has 0 saturated carbocycles. The van der Waals surface area contributed by atoms with Crippen molar-refractivity contribution in [3.8, 4) is 0 Å². The number of carbonyl (C=O) groups is 2. The maximum atomic E-state index is 12.6. The first kappa shape index (κ1) is 15.8. The number of para-hydroxylation sites is 1. The summed E-state index contributed by atoms with van der Waals surface area (Å²) >= 11 is 0. The van der Waals surface area contributed by atoms with Crippen LogP contribution < -0.4 is 5.32 Å². The van der Waals surface area contributed by atoms with Gasteiger partial charge in [0.05, 0.1) is 0 Å². The molecule has 128 valence electrons. The average Bonchev–Trinajstić information content (AvgIpc) is 3.12. The second kappa shape index (κ2) is 6.68.